The third kappa shape index (κ3) is 2.18. The molecule has 0 N–H and O–H groups in total. The first-order chi connectivity index (χ1) is 13.5. The average Bonchev–Trinajstić information content (AvgIpc) is 3.15. The van der Waals surface area contributed by atoms with Gasteiger partial charge < -0.3 is 9.80 Å². The van der Waals surface area contributed by atoms with Gasteiger partial charge in [-0.25, -0.2) is 0 Å². The van der Waals surface area contributed by atoms with Crippen LogP contribution in [0.25, 0.3) is 0 Å². The molecular weight excluding hydrogens is 316 g/mol. The van der Waals surface area contributed by atoms with Gasteiger partial charge in [-0.15, -0.1) is 0 Å². The van der Waals surface area contributed by atoms with Crippen molar-refractivity contribution >= 4 is 11.4 Å². The lowest BCUT2D eigenvalue weighted by Crippen LogP contribution is -2.37. The first-order valence-corrected chi connectivity index (χ1v) is 9.24. The molecule has 0 amide bonds. The van der Waals surface area contributed by atoms with E-state index in [-0.39, 0.29) is 12.1 Å². The zero-order chi connectivity index (χ0) is 19.5. The topological polar surface area (TPSA) is 6.48 Å². The highest BCUT2D eigenvalue weighted by Gasteiger charge is 2.48. The Morgan fingerprint density at radius 1 is 0.846 bits per heavy atom. The fraction of sp³-hybridized carbons (Fsp3) is 0.250. The van der Waals surface area contributed by atoms with E-state index in [1.807, 2.05) is 42.5 Å². The minimum Gasteiger partial charge on any atom is -0.349 e. The van der Waals surface area contributed by atoms with Crippen LogP contribution in [0.2, 0.25) is 0 Å². The number of rotatable bonds is 2. The highest BCUT2D eigenvalue weighted by atomic mass is 15.4. The Hall–Kier alpha value is -2.74. The lowest BCUT2D eigenvalue weighted by molar-refractivity contribution is 0.568. The van der Waals surface area contributed by atoms with Crippen molar-refractivity contribution in [2.45, 2.75) is 31.8 Å². The minimum absolute atomic E-state index is 0.0220. The lowest BCUT2D eigenvalue weighted by Gasteiger charge is -2.29. The van der Waals surface area contributed by atoms with Gasteiger partial charge in [0, 0.05) is 24.7 Å². The largest absolute Gasteiger partial charge is 0.349 e. The van der Waals surface area contributed by atoms with Gasteiger partial charge in [0.25, 0.3) is 0 Å². The number of anilines is 2. The van der Waals surface area contributed by atoms with Gasteiger partial charge in [0.1, 0.15) is 0 Å². The third-order valence-electron chi connectivity index (χ3n) is 5.69. The van der Waals surface area contributed by atoms with Crippen molar-refractivity contribution in [2.24, 2.45) is 0 Å². The first kappa shape index (κ1) is 13.5. The molecule has 3 aromatic carbocycles. The zero-order valence-electron chi connectivity index (χ0n) is 17.1. The molecule has 2 aliphatic heterocycles. The van der Waals surface area contributed by atoms with E-state index in [4.69, 9.17) is 1.37 Å². The van der Waals surface area contributed by atoms with Gasteiger partial charge in [0.05, 0.1) is 14.1 Å². The monoisotopic (exact) mass is 342 g/mol. The molecule has 4 atom stereocenters. The molecular formula is C24H24N2. The van der Waals surface area contributed by atoms with Crippen LogP contribution in [0, 0.1) is 6.92 Å². The maximum Gasteiger partial charge on any atom is 0.0910 e. The molecule has 0 saturated carbocycles. The maximum absolute atomic E-state index is 9.71. The van der Waals surface area contributed by atoms with E-state index >= 15 is 0 Å². The number of benzene rings is 3. The van der Waals surface area contributed by atoms with E-state index in [9.17, 15) is 1.37 Å². The number of nitrogens with zero attached hydrogens (tertiary/aromatic N) is 2. The van der Waals surface area contributed by atoms with Crippen molar-refractivity contribution in [1.29, 1.82) is 0 Å². The first-order valence-electron chi connectivity index (χ1n) is 10.3. The molecule has 130 valence electrons. The van der Waals surface area contributed by atoms with Gasteiger partial charge in [-0.1, -0.05) is 66.7 Å². The molecule has 0 aromatic heterocycles. The second kappa shape index (κ2) is 5.91. The van der Waals surface area contributed by atoms with Gasteiger partial charge in [-0.05, 0) is 42.7 Å². The van der Waals surface area contributed by atoms with Gasteiger partial charge in [0.15, 0.2) is 0 Å². The van der Waals surface area contributed by atoms with Crippen LogP contribution in [-0.4, -0.2) is 18.7 Å². The lowest BCUT2D eigenvalue weighted by atomic mass is 9.85. The molecule has 2 heterocycles. The van der Waals surface area contributed by atoms with Crippen LogP contribution in [0.4, 0.5) is 11.4 Å². The summed E-state index contributed by atoms with van der Waals surface area (Å²) in [7, 11) is 0. The van der Waals surface area contributed by atoms with Crippen LogP contribution in [0.3, 0.4) is 0 Å². The third-order valence-corrected chi connectivity index (χ3v) is 5.69. The molecule has 1 saturated heterocycles. The number of hydrogen-bond donors (Lipinski definition) is 0. The molecule has 2 nitrogen and oxygen atoms in total. The van der Waals surface area contributed by atoms with E-state index in [0.29, 0.717) is 0 Å². The maximum atomic E-state index is 9.71. The minimum atomic E-state index is -0.909. The normalized spacial score (nSPS) is 30.6. The van der Waals surface area contributed by atoms with Crippen LogP contribution >= 0.6 is 0 Å². The van der Waals surface area contributed by atoms with E-state index in [1.54, 1.807) is 0 Å². The summed E-state index contributed by atoms with van der Waals surface area (Å²) in [6.45, 7) is 3.70. The summed E-state index contributed by atoms with van der Waals surface area (Å²) < 4.78 is 18.8. The zero-order valence-corrected chi connectivity index (χ0v) is 15.1. The van der Waals surface area contributed by atoms with Crippen molar-refractivity contribution in [3.05, 3.63) is 95.6 Å². The van der Waals surface area contributed by atoms with Crippen molar-refractivity contribution in [3.63, 3.8) is 0 Å². The number of hydrogen-bond acceptors (Lipinski definition) is 2. The number of fused-ring (bicyclic) bond motifs is 3. The smallest absolute Gasteiger partial charge is 0.0910 e. The molecule has 5 rings (SSSR count). The summed E-state index contributed by atoms with van der Waals surface area (Å²) in [6.07, 6.45) is 0. The van der Waals surface area contributed by atoms with E-state index in [2.05, 4.69) is 60.0 Å². The number of para-hydroxylation sites is 2. The van der Waals surface area contributed by atoms with E-state index in [0.717, 1.165) is 28.1 Å². The standard InChI is InChI=1S/C24H24N2/c1-17-10-6-8-14-21(17)25-16-26-22-15-9-7-13-20(22)23(24(26)18(25)2)19-11-4-3-5-12-19/h3-15,18,23-24H,16H2,1-2H3/t18-,23?,24?/m0/s1/i16D,23D/t16?,18-,23?,24?. The molecule has 1 fully saturated rings. The summed E-state index contributed by atoms with van der Waals surface area (Å²) in [6, 6.07) is 26.4. The Morgan fingerprint density at radius 2 is 1.50 bits per heavy atom. The fourth-order valence-electron chi connectivity index (χ4n) is 4.45. The van der Waals surface area contributed by atoms with Crippen LogP contribution in [0.1, 0.15) is 32.2 Å². The van der Waals surface area contributed by atoms with Crippen molar-refractivity contribution in [2.75, 3.05) is 16.4 Å². The van der Waals surface area contributed by atoms with E-state index < -0.39 is 12.5 Å². The van der Waals surface area contributed by atoms with Crippen molar-refractivity contribution in [1.82, 2.24) is 0 Å². The average molecular weight is 342 g/mol. The molecule has 0 bridgehead atoms. The van der Waals surface area contributed by atoms with Gasteiger partial charge in [0.2, 0.25) is 0 Å². The van der Waals surface area contributed by atoms with Gasteiger partial charge in [-0.2, -0.15) is 0 Å². The molecule has 2 heteroatoms. The highest BCUT2D eigenvalue weighted by molar-refractivity contribution is 5.70. The fourth-order valence-corrected chi connectivity index (χ4v) is 4.45. The van der Waals surface area contributed by atoms with Crippen LogP contribution in [0.5, 0.6) is 0 Å². The van der Waals surface area contributed by atoms with Gasteiger partial charge >= 0.3 is 0 Å². The molecule has 3 aromatic rings. The molecule has 26 heavy (non-hydrogen) atoms. The quantitative estimate of drug-likeness (QED) is 0.633. The van der Waals surface area contributed by atoms with Crippen molar-refractivity contribution in [3.8, 4) is 0 Å². The van der Waals surface area contributed by atoms with Crippen LogP contribution < -0.4 is 9.80 Å². The van der Waals surface area contributed by atoms with E-state index in [1.165, 1.54) is 0 Å². The summed E-state index contributed by atoms with van der Waals surface area (Å²) in [5.41, 5.74) is 5.24. The Morgan fingerprint density at radius 3 is 2.27 bits per heavy atom. The van der Waals surface area contributed by atoms with Crippen LogP contribution in [0.15, 0.2) is 78.9 Å². The predicted octanol–water partition coefficient (Wildman–Crippen LogP) is 5.18. The molecule has 2 aliphatic rings. The summed E-state index contributed by atoms with van der Waals surface area (Å²) in [5.74, 6) is -0.909. The predicted molar refractivity (Wildman–Crippen MR) is 109 cm³/mol. The molecule has 3 unspecified atom stereocenters. The summed E-state index contributed by atoms with van der Waals surface area (Å²) in [4.78, 5) is 4.31. The van der Waals surface area contributed by atoms with Crippen molar-refractivity contribution < 1.29 is 2.74 Å². The molecule has 0 spiro atoms. The van der Waals surface area contributed by atoms with Gasteiger partial charge in [-0.3, -0.25) is 0 Å². The van der Waals surface area contributed by atoms with Crippen LogP contribution in [-0.2, 0) is 0 Å². The summed E-state index contributed by atoms with van der Waals surface area (Å²) >= 11 is 0. The summed E-state index contributed by atoms with van der Waals surface area (Å²) in [5, 5.41) is 0. The second-order valence-electron chi connectivity index (χ2n) is 7.20. The Balaban J connectivity index is 1.72. The highest BCUT2D eigenvalue weighted by Crippen LogP contribution is 2.50. The Kier molecular flexibility index (Phi) is 3.06. The SMILES string of the molecule is [2H]C1N2c3ccccc3C([2H])(c3ccccc3)C2[C@H](C)N1c1ccccc1C. The Labute approximate surface area is 158 Å². The second-order valence-corrected chi connectivity index (χ2v) is 7.20. The molecule has 0 aliphatic carbocycles. The number of aryl methyl sites for hydroxylation is 1. The molecule has 0 radical (unpaired) electrons. The Bertz CT molecular complexity index is 1020.